The molecule has 10 nitrogen and oxygen atoms in total. The van der Waals surface area contributed by atoms with E-state index in [0.717, 1.165) is 0 Å². The van der Waals surface area contributed by atoms with Gasteiger partial charge in [-0.05, 0) is 31.5 Å². The van der Waals surface area contributed by atoms with Crippen molar-refractivity contribution in [3.05, 3.63) is 45.0 Å². The van der Waals surface area contributed by atoms with E-state index in [1.54, 1.807) is 6.92 Å². The molecule has 0 aromatic heterocycles. The first-order chi connectivity index (χ1) is 10.2. The topological polar surface area (TPSA) is 168 Å². The van der Waals surface area contributed by atoms with Gasteiger partial charge in [-0.2, -0.15) is 0 Å². The van der Waals surface area contributed by atoms with Crippen molar-refractivity contribution >= 4 is 17.9 Å². The summed E-state index contributed by atoms with van der Waals surface area (Å²) in [6.45, 7) is 3.78. The van der Waals surface area contributed by atoms with Crippen molar-refractivity contribution in [2.45, 2.75) is 13.8 Å². The van der Waals surface area contributed by atoms with Crippen LogP contribution in [0.4, 0.5) is 0 Å². The summed E-state index contributed by atoms with van der Waals surface area (Å²) in [5.41, 5.74) is 5.32. The average molecular weight is 312 g/mol. The fraction of sp³-hybridized carbons (Fsp3) is 0.250. The molecule has 0 saturated heterocycles. The summed E-state index contributed by atoms with van der Waals surface area (Å²) in [4.78, 5) is 30.8. The SMILES string of the molecule is CCNC(N)=N[N+](=O)[O-].Cc1c(C(=O)O)cccc1C(=O)O. The third kappa shape index (κ3) is 6.32. The van der Waals surface area contributed by atoms with Gasteiger partial charge in [-0.3, -0.25) is 0 Å². The molecule has 0 radical (unpaired) electrons. The summed E-state index contributed by atoms with van der Waals surface area (Å²) in [5, 5.41) is 31.3. The number of hydrazone groups is 1. The molecule has 0 amide bonds. The standard InChI is InChI=1S/C9H8O4.C3H8N4O2/c1-5-6(8(10)11)3-2-4-7(5)9(12)13;1-2-5-3(4)6-7(8)9/h2-4H,1H3,(H,10,11)(H,12,13);2H2,1H3,(H3,4,5,6). The molecule has 0 fully saturated rings. The molecular formula is C12H16N4O6. The second kappa shape index (κ2) is 8.89. The maximum absolute atomic E-state index is 10.6. The van der Waals surface area contributed by atoms with Crippen LogP contribution in [-0.4, -0.2) is 39.7 Å². The van der Waals surface area contributed by atoms with Crippen LogP contribution in [-0.2, 0) is 0 Å². The van der Waals surface area contributed by atoms with Crippen LogP contribution in [0, 0.1) is 17.0 Å². The first kappa shape index (κ1) is 18.8. The van der Waals surface area contributed by atoms with E-state index in [4.69, 9.17) is 15.9 Å². The minimum atomic E-state index is -1.11. The molecule has 1 rings (SSSR count). The first-order valence-electron chi connectivity index (χ1n) is 5.99. The number of hydrogen-bond acceptors (Lipinski definition) is 4. The van der Waals surface area contributed by atoms with Crippen LogP contribution >= 0.6 is 0 Å². The van der Waals surface area contributed by atoms with E-state index >= 15 is 0 Å². The Bertz CT molecular complexity index is 567. The Morgan fingerprint density at radius 2 is 1.77 bits per heavy atom. The van der Waals surface area contributed by atoms with Gasteiger partial charge in [0.1, 0.15) is 5.10 Å². The fourth-order valence-electron chi connectivity index (χ4n) is 1.40. The van der Waals surface area contributed by atoms with E-state index in [1.807, 2.05) is 0 Å². The predicted molar refractivity (Wildman–Crippen MR) is 77.4 cm³/mol. The zero-order chi connectivity index (χ0) is 17.3. The Labute approximate surface area is 125 Å². The normalized spacial score (nSPS) is 10.2. The van der Waals surface area contributed by atoms with E-state index in [0.29, 0.717) is 6.54 Å². The average Bonchev–Trinajstić information content (AvgIpc) is 2.38. The molecule has 0 atom stereocenters. The number of benzene rings is 1. The highest BCUT2D eigenvalue weighted by atomic mass is 16.7. The zero-order valence-corrected chi connectivity index (χ0v) is 11.9. The Kier molecular flexibility index (Phi) is 7.61. The van der Waals surface area contributed by atoms with Crippen molar-refractivity contribution in [2.24, 2.45) is 10.8 Å². The van der Waals surface area contributed by atoms with Crippen LogP contribution in [0.5, 0.6) is 0 Å². The first-order valence-corrected chi connectivity index (χ1v) is 5.99. The molecule has 0 heterocycles. The van der Waals surface area contributed by atoms with Crippen LogP contribution in [0.1, 0.15) is 33.2 Å². The Balaban J connectivity index is 0.000000433. The minimum absolute atomic E-state index is 0.0277. The van der Waals surface area contributed by atoms with Gasteiger partial charge in [0.05, 0.1) is 11.1 Å². The number of carboxylic acids is 2. The van der Waals surface area contributed by atoms with E-state index in [2.05, 4.69) is 10.4 Å². The lowest BCUT2D eigenvalue weighted by Gasteiger charge is -2.03. The third-order valence-electron chi connectivity index (χ3n) is 2.34. The third-order valence-corrected chi connectivity index (χ3v) is 2.34. The van der Waals surface area contributed by atoms with Crippen molar-refractivity contribution in [3.63, 3.8) is 0 Å². The van der Waals surface area contributed by atoms with Crippen molar-refractivity contribution in [1.82, 2.24) is 5.32 Å². The summed E-state index contributed by atoms with van der Waals surface area (Å²) in [6, 6.07) is 4.17. The van der Waals surface area contributed by atoms with Gasteiger partial charge >= 0.3 is 11.9 Å². The highest BCUT2D eigenvalue weighted by molar-refractivity contribution is 5.96. The number of nitrogens with one attached hydrogen (secondary N) is 1. The number of nitro groups is 1. The van der Waals surface area contributed by atoms with Crippen LogP contribution in [0.25, 0.3) is 0 Å². The molecule has 120 valence electrons. The molecule has 0 aliphatic heterocycles. The lowest BCUT2D eigenvalue weighted by molar-refractivity contribution is -0.485. The van der Waals surface area contributed by atoms with Gasteiger partial charge < -0.3 is 21.3 Å². The van der Waals surface area contributed by atoms with E-state index in [-0.39, 0.29) is 22.6 Å². The molecule has 0 spiro atoms. The van der Waals surface area contributed by atoms with E-state index in [1.165, 1.54) is 25.1 Å². The van der Waals surface area contributed by atoms with Gasteiger partial charge in [0, 0.05) is 6.54 Å². The van der Waals surface area contributed by atoms with E-state index in [9.17, 15) is 19.7 Å². The molecule has 0 saturated carbocycles. The van der Waals surface area contributed by atoms with Crippen LogP contribution in [0.15, 0.2) is 23.3 Å². The maximum atomic E-state index is 10.6. The summed E-state index contributed by atoms with van der Waals surface area (Å²) >= 11 is 0. The van der Waals surface area contributed by atoms with Crippen molar-refractivity contribution in [3.8, 4) is 0 Å². The molecule has 0 bridgehead atoms. The van der Waals surface area contributed by atoms with Crippen molar-refractivity contribution in [2.75, 3.05) is 6.54 Å². The molecule has 1 aromatic carbocycles. The number of carboxylic acid groups (broad SMARTS) is 2. The highest BCUT2D eigenvalue weighted by Gasteiger charge is 2.13. The zero-order valence-electron chi connectivity index (χ0n) is 11.9. The van der Waals surface area contributed by atoms with Crippen LogP contribution in [0.2, 0.25) is 0 Å². The van der Waals surface area contributed by atoms with E-state index < -0.39 is 17.0 Å². The molecule has 0 unspecified atom stereocenters. The number of nitrogens with two attached hydrogens (primary N) is 1. The van der Waals surface area contributed by atoms with Gasteiger partial charge in [0.2, 0.25) is 0 Å². The van der Waals surface area contributed by atoms with Crippen LogP contribution < -0.4 is 11.1 Å². The summed E-state index contributed by atoms with van der Waals surface area (Å²) in [5.74, 6) is -2.39. The molecule has 1 aromatic rings. The molecule has 10 heteroatoms. The Morgan fingerprint density at radius 3 is 2.09 bits per heavy atom. The minimum Gasteiger partial charge on any atom is -0.478 e. The van der Waals surface area contributed by atoms with Gasteiger partial charge in [-0.25, -0.2) is 19.7 Å². The lowest BCUT2D eigenvalue weighted by atomic mass is 10.0. The van der Waals surface area contributed by atoms with Crippen LogP contribution in [0.3, 0.4) is 0 Å². The number of carbonyl (C=O) groups is 2. The molecular weight excluding hydrogens is 296 g/mol. The predicted octanol–water partition coefficient (Wildman–Crippen LogP) is 0.494. The monoisotopic (exact) mass is 312 g/mol. The summed E-state index contributed by atoms with van der Waals surface area (Å²) < 4.78 is 0. The van der Waals surface area contributed by atoms with Gasteiger partial charge in [0.25, 0.3) is 5.96 Å². The smallest absolute Gasteiger partial charge is 0.335 e. The van der Waals surface area contributed by atoms with Crippen molar-refractivity contribution < 1.29 is 24.8 Å². The molecule has 22 heavy (non-hydrogen) atoms. The lowest BCUT2D eigenvalue weighted by Crippen LogP contribution is -2.31. The quantitative estimate of drug-likeness (QED) is 0.269. The largest absolute Gasteiger partial charge is 0.478 e. The maximum Gasteiger partial charge on any atom is 0.335 e. The van der Waals surface area contributed by atoms with Gasteiger partial charge in [-0.15, -0.1) is 0 Å². The number of guanidine groups is 1. The number of rotatable bonds is 4. The Morgan fingerprint density at radius 1 is 1.32 bits per heavy atom. The molecule has 5 N–H and O–H groups in total. The number of hydrogen-bond donors (Lipinski definition) is 4. The molecule has 0 aliphatic carbocycles. The fourth-order valence-corrected chi connectivity index (χ4v) is 1.40. The van der Waals surface area contributed by atoms with Crippen molar-refractivity contribution in [1.29, 1.82) is 0 Å². The highest BCUT2D eigenvalue weighted by Crippen LogP contribution is 2.13. The van der Waals surface area contributed by atoms with Gasteiger partial charge in [0.15, 0.2) is 5.03 Å². The summed E-state index contributed by atoms with van der Waals surface area (Å²) in [7, 11) is 0. The summed E-state index contributed by atoms with van der Waals surface area (Å²) in [6.07, 6.45) is 0. The second-order valence-corrected chi connectivity index (χ2v) is 3.84. The number of aromatic carboxylic acids is 2. The Hall–Kier alpha value is -3.17. The van der Waals surface area contributed by atoms with Gasteiger partial charge in [-0.1, -0.05) is 6.07 Å². The molecule has 0 aliphatic rings. The second-order valence-electron chi connectivity index (χ2n) is 3.84. The number of nitrogens with zero attached hydrogens (tertiary/aromatic N) is 2.